The molecule has 2 aromatic rings. The molecule has 0 radical (unpaired) electrons. The number of non-ortho nitro benzene ring substituents is 1. The van der Waals surface area contributed by atoms with Crippen molar-refractivity contribution in [3.63, 3.8) is 0 Å². The van der Waals surface area contributed by atoms with Gasteiger partial charge >= 0.3 is 198 Å². The molecule has 1 aliphatic rings. The number of methoxy groups -OCH3 is 1. The van der Waals surface area contributed by atoms with E-state index in [1.165, 1.54) is 25.3 Å². The molecule has 1 N–H and O–H groups in total. The topological polar surface area (TPSA) is 108 Å². The maximum atomic E-state index is 13.2. The Morgan fingerprint density at radius 2 is 1.82 bits per heavy atom. The van der Waals surface area contributed by atoms with Crippen molar-refractivity contribution in [2.75, 3.05) is 13.7 Å². The number of nitrogens with one attached hydrogen (secondary N) is 1. The summed E-state index contributed by atoms with van der Waals surface area (Å²) in [6.07, 6.45) is 0. The first kappa shape index (κ1) is 24.2. The van der Waals surface area contributed by atoms with Gasteiger partial charge in [0.1, 0.15) is 0 Å². The van der Waals surface area contributed by atoms with Crippen molar-refractivity contribution in [3.05, 3.63) is 92.8 Å². The van der Waals surface area contributed by atoms with Crippen LogP contribution >= 0.6 is 0 Å². The molecule has 1 unspecified atom stereocenters. The van der Waals surface area contributed by atoms with E-state index in [-0.39, 0.29) is 38.4 Å². The quantitative estimate of drug-likeness (QED) is 0.249. The predicted octanol–water partition coefficient (Wildman–Crippen LogP) is 2.99. The number of allylic oxidation sites excluding steroid dienone is 2. The third-order valence-corrected chi connectivity index (χ3v) is 7.27. The van der Waals surface area contributed by atoms with Crippen LogP contribution in [-0.4, -0.2) is 45.5 Å². The van der Waals surface area contributed by atoms with Crippen LogP contribution in [0.1, 0.15) is 25.3 Å². The summed E-state index contributed by atoms with van der Waals surface area (Å²) in [6, 6.07) is 15.8. The van der Waals surface area contributed by atoms with Gasteiger partial charge in [-0.05, 0) is 0 Å². The minimum absolute atomic E-state index is 0.00236. The molecule has 1 atom stereocenters. The molecule has 8 nitrogen and oxygen atoms in total. The number of nitro groups is 1. The first-order valence-electron chi connectivity index (χ1n) is 10.3. The second kappa shape index (κ2) is 10.9. The number of ether oxygens (including phenoxy) is 2. The van der Waals surface area contributed by atoms with E-state index in [1.54, 1.807) is 19.9 Å². The number of nitrogens with zero attached hydrogens (tertiary/aromatic N) is 1. The molecule has 1 heterocycles. The third-order valence-electron chi connectivity index (χ3n) is 5.09. The van der Waals surface area contributed by atoms with Gasteiger partial charge in [-0.15, -0.1) is 0 Å². The Morgan fingerprint density at radius 1 is 1.09 bits per heavy atom. The summed E-state index contributed by atoms with van der Waals surface area (Å²) in [4.78, 5) is 36.8. The summed E-state index contributed by atoms with van der Waals surface area (Å²) in [5, 5.41) is 15.2. The number of hydrogen-bond acceptors (Lipinski definition) is 7. The number of esters is 2. The van der Waals surface area contributed by atoms with Crippen molar-refractivity contribution in [1.29, 1.82) is 0 Å². The molecule has 0 saturated carbocycles. The molecule has 0 aliphatic carbocycles. The molecule has 0 fully saturated rings. The molecule has 0 saturated heterocycles. The van der Waals surface area contributed by atoms with Gasteiger partial charge < -0.3 is 0 Å². The van der Waals surface area contributed by atoms with Crippen LogP contribution in [0.25, 0.3) is 0 Å². The van der Waals surface area contributed by atoms with E-state index < -0.39 is 22.8 Å². The molecule has 2 aromatic carbocycles. The van der Waals surface area contributed by atoms with Crippen LogP contribution in [0.4, 0.5) is 5.69 Å². The van der Waals surface area contributed by atoms with Gasteiger partial charge in [-0.2, -0.15) is 0 Å². The summed E-state index contributed by atoms with van der Waals surface area (Å²) >= 11 is -0.00236. The Hall–Kier alpha value is -3.42. The van der Waals surface area contributed by atoms with Crippen LogP contribution in [-0.2, 0) is 19.1 Å². The number of dihydropyridines is 1. The Morgan fingerprint density at radius 3 is 2.45 bits per heavy atom. The van der Waals surface area contributed by atoms with Crippen molar-refractivity contribution in [1.82, 2.24) is 5.32 Å². The normalized spacial score (nSPS) is 15.7. The summed E-state index contributed by atoms with van der Waals surface area (Å²) in [5.74, 6) is -2.06. The zero-order valence-corrected chi connectivity index (χ0v) is 20.2. The number of hydrogen-bond donors (Lipinski definition) is 1. The summed E-state index contributed by atoms with van der Waals surface area (Å²) in [6.45, 7) is 3.58. The second-order valence-electron chi connectivity index (χ2n) is 7.15. The molecule has 0 spiro atoms. The first-order chi connectivity index (χ1) is 15.9. The maximum absolute atomic E-state index is 13.2. The molecule has 9 heteroatoms. The zero-order valence-electron chi connectivity index (χ0n) is 18.5. The molecule has 3 rings (SSSR count). The van der Waals surface area contributed by atoms with Crippen molar-refractivity contribution in [3.8, 4) is 0 Å². The number of benzene rings is 2. The number of carbonyl (C=O) groups excluding carboxylic acids is 2. The zero-order chi connectivity index (χ0) is 24.0. The Kier molecular flexibility index (Phi) is 8.03. The molecule has 33 heavy (non-hydrogen) atoms. The van der Waals surface area contributed by atoms with E-state index in [9.17, 15) is 19.7 Å². The Labute approximate surface area is 198 Å². The van der Waals surface area contributed by atoms with Crippen molar-refractivity contribution in [2.24, 2.45) is 0 Å². The molecular weight excluding hydrogens is 491 g/mol. The minimum atomic E-state index is -0.862. The van der Waals surface area contributed by atoms with Gasteiger partial charge in [0.15, 0.2) is 0 Å². The fourth-order valence-corrected chi connectivity index (χ4v) is 5.53. The van der Waals surface area contributed by atoms with E-state index in [1.807, 2.05) is 30.3 Å². The van der Waals surface area contributed by atoms with E-state index in [0.717, 1.165) is 4.46 Å². The fraction of sp³-hybridized carbons (Fsp3) is 0.250. The van der Waals surface area contributed by atoms with E-state index in [0.29, 0.717) is 22.3 Å². The van der Waals surface area contributed by atoms with Crippen LogP contribution in [0.3, 0.4) is 0 Å². The number of rotatable bonds is 8. The van der Waals surface area contributed by atoms with Crippen molar-refractivity contribution >= 4 is 37.0 Å². The molecule has 0 bridgehead atoms. The van der Waals surface area contributed by atoms with Gasteiger partial charge in [0.2, 0.25) is 0 Å². The van der Waals surface area contributed by atoms with Crippen LogP contribution in [0.15, 0.2) is 77.1 Å². The first-order valence-corrected chi connectivity index (χ1v) is 12.3. The Bertz CT molecular complexity index is 1130. The predicted molar refractivity (Wildman–Crippen MR) is 124 cm³/mol. The molecule has 1 aliphatic heterocycles. The average Bonchev–Trinajstić information content (AvgIpc) is 2.82. The van der Waals surface area contributed by atoms with Crippen LogP contribution in [0.2, 0.25) is 5.32 Å². The number of carbonyl (C=O) groups is 2. The number of nitro benzene ring substituents is 1. The van der Waals surface area contributed by atoms with E-state index in [4.69, 9.17) is 9.47 Å². The van der Waals surface area contributed by atoms with Crippen molar-refractivity contribution < 1.29 is 24.0 Å². The standard InChI is InChI=1S/C24H24N2O6Se/c1-4-32-24(28)22-19(14-33-18-11-6-5-7-12-18)25-15(2)20(23(27)31-3)21(22)16-9-8-10-17(13-16)26(29)30/h5-13,21,25H,4,14H2,1-3H3. The van der Waals surface area contributed by atoms with Gasteiger partial charge in [0.25, 0.3) is 0 Å². The average molecular weight is 515 g/mol. The second-order valence-corrected chi connectivity index (χ2v) is 9.36. The summed E-state index contributed by atoms with van der Waals surface area (Å²) in [7, 11) is 1.26. The Balaban J connectivity index is 2.17. The van der Waals surface area contributed by atoms with Gasteiger partial charge in [-0.25, -0.2) is 0 Å². The molecule has 172 valence electrons. The molecule has 0 aromatic heterocycles. The monoisotopic (exact) mass is 516 g/mol. The summed E-state index contributed by atoms with van der Waals surface area (Å²) < 4.78 is 11.5. The third kappa shape index (κ3) is 5.50. The summed E-state index contributed by atoms with van der Waals surface area (Å²) in [5.41, 5.74) is 1.96. The van der Waals surface area contributed by atoms with Gasteiger partial charge in [-0.1, -0.05) is 0 Å². The van der Waals surface area contributed by atoms with Crippen molar-refractivity contribution in [2.45, 2.75) is 25.1 Å². The van der Waals surface area contributed by atoms with Gasteiger partial charge in [0, 0.05) is 0 Å². The van der Waals surface area contributed by atoms with Crippen LogP contribution in [0, 0.1) is 10.1 Å². The molecule has 0 amide bonds. The SMILES string of the molecule is CCOC(=O)C1=C(C[Se]c2ccccc2)NC(C)=C(C(=O)OC)C1c1cccc([N+](=O)[O-])c1. The van der Waals surface area contributed by atoms with E-state index >= 15 is 0 Å². The van der Waals surface area contributed by atoms with Crippen LogP contribution < -0.4 is 9.78 Å². The van der Waals surface area contributed by atoms with Gasteiger partial charge in [-0.3, -0.25) is 0 Å². The van der Waals surface area contributed by atoms with Crippen LogP contribution in [0.5, 0.6) is 0 Å². The fourth-order valence-electron chi connectivity index (χ4n) is 3.66. The molecular formula is C24H24N2O6Se. The van der Waals surface area contributed by atoms with Gasteiger partial charge in [0.05, 0.1) is 0 Å². The van der Waals surface area contributed by atoms with E-state index in [2.05, 4.69) is 5.32 Å².